The van der Waals surface area contributed by atoms with Crippen LogP contribution in [0.25, 0.3) is 0 Å². The second-order valence-electron chi connectivity index (χ2n) is 6.97. The van der Waals surface area contributed by atoms with Crippen LogP contribution in [0.1, 0.15) is 24.0 Å². The van der Waals surface area contributed by atoms with Gasteiger partial charge in [0.1, 0.15) is 5.82 Å². The van der Waals surface area contributed by atoms with Gasteiger partial charge in [-0.1, -0.05) is 29.8 Å². The number of benzene rings is 2. The summed E-state index contributed by atoms with van der Waals surface area (Å²) in [6.07, 6.45) is 0.851. The molecule has 1 N–H and O–H groups in total. The number of sulfonamides is 1. The van der Waals surface area contributed by atoms with Crippen LogP contribution < -0.4 is 5.32 Å². The summed E-state index contributed by atoms with van der Waals surface area (Å²) in [5, 5.41) is 3.49. The van der Waals surface area contributed by atoms with Gasteiger partial charge in [0.25, 0.3) is 0 Å². The van der Waals surface area contributed by atoms with Crippen molar-refractivity contribution in [1.82, 2.24) is 4.31 Å². The molecule has 0 unspecified atom stereocenters. The Bertz CT molecular complexity index is 973. The highest BCUT2D eigenvalue weighted by atomic mass is 35.5. The summed E-state index contributed by atoms with van der Waals surface area (Å²) < 4.78 is 40.3. The Hall–Kier alpha value is -1.96. The lowest BCUT2D eigenvalue weighted by Crippen LogP contribution is -2.42. The van der Waals surface area contributed by atoms with Gasteiger partial charge in [0.05, 0.1) is 5.75 Å². The largest absolute Gasteiger partial charge is 0.326 e. The van der Waals surface area contributed by atoms with E-state index in [4.69, 9.17) is 11.6 Å². The predicted octanol–water partition coefficient (Wildman–Crippen LogP) is 3.97. The monoisotopic (exact) mass is 424 g/mol. The summed E-state index contributed by atoms with van der Waals surface area (Å²) in [5.41, 5.74) is 1.72. The molecule has 0 atom stereocenters. The van der Waals surface area contributed by atoms with Crippen LogP contribution in [0, 0.1) is 18.7 Å². The van der Waals surface area contributed by atoms with Crippen LogP contribution in [0.3, 0.4) is 0 Å². The van der Waals surface area contributed by atoms with E-state index in [-0.39, 0.29) is 36.2 Å². The van der Waals surface area contributed by atoms with Crippen LogP contribution >= 0.6 is 11.6 Å². The third kappa shape index (κ3) is 4.90. The van der Waals surface area contributed by atoms with E-state index in [1.54, 1.807) is 24.3 Å². The van der Waals surface area contributed by atoms with Crippen LogP contribution in [0.2, 0.25) is 5.02 Å². The first kappa shape index (κ1) is 20.8. The van der Waals surface area contributed by atoms with E-state index in [2.05, 4.69) is 5.32 Å². The molecular formula is C20H22ClFN2O3S. The maximum Gasteiger partial charge on any atom is 0.227 e. The molecule has 0 aromatic heterocycles. The van der Waals surface area contributed by atoms with Crippen molar-refractivity contribution in [2.45, 2.75) is 25.5 Å². The standard InChI is InChI=1S/C20H22ClFN2O3S/c1-14-12-17(21)6-7-19(14)23-20(25)15-8-10-24(11-9-15)28(26,27)13-16-4-2-3-5-18(16)22/h2-7,12,15H,8-11,13H2,1H3,(H,23,25). The zero-order chi connectivity index (χ0) is 20.3. The predicted molar refractivity (Wildman–Crippen MR) is 108 cm³/mol. The van der Waals surface area contributed by atoms with E-state index in [0.29, 0.717) is 23.6 Å². The summed E-state index contributed by atoms with van der Waals surface area (Å²) in [6, 6.07) is 11.1. The first-order chi connectivity index (χ1) is 13.3. The SMILES string of the molecule is Cc1cc(Cl)ccc1NC(=O)C1CCN(S(=O)(=O)Cc2ccccc2F)CC1. The van der Waals surface area contributed by atoms with Crippen molar-refractivity contribution in [2.24, 2.45) is 5.92 Å². The molecule has 0 saturated carbocycles. The van der Waals surface area contributed by atoms with E-state index in [1.165, 1.54) is 22.5 Å². The molecule has 5 nitrogen and oxygen atoms in total. The molecule has 1 aliphatic heterocycles. The van der Waals surface area contributed by atoms with Crippen molar-refractivity contribution < 1.29 is 17.6 Å². The highest BCUT2D eigenvalue weighted by Gasteiger charge is 2.31. The van der Waals surface area contributed by atoms with Gasteiger partial charge in [0, 0.05) is 35.3 Å². The summed E-state index contributed by atoms with van der Waals surface area (Å²) in [6.45, 7) is 2.35. The lowest BCUT2D eigenvalue weighted by atomic mass is 9.97. The fraction of sp³-hybridized carbons (Fsp3) is 0.350. The number of hydrogen-bond donors (Lipinski definition) is 1. The molecule has 1 heterocycles. The van der Waals surface area contributed by atoms with Crippen LogP contribution in [0.4, 0.5) is 10.1 Å². The first-order valence-corrected chi connectivity index (χ1v) is 11.0. The minimum absolute atomic E-state index is 0.128. The number of carbonyl (C=O) groups is 1. The van der Waals surface area contributed by atoms with Crippen molar-refractivity contribution in [3.8, 4) is 0 Å². The number of rotatable bonds is 5. The van der Waals surface area contributed by atoms with Gasteiger partial charge in [0.15, 0.2) is 0 Å². The lowest BCUT2D eigenvalue weighted by Gasteiger charge is -2.30. The maximum absolute atomic E-state index is 13.8. The number of aryl methyl sites for hydroxylation is 1. The third-order valence-corrected chi connectivity index (χ3v) is 7.02. The average Bonchev–Trinajstić information content (AvgIpc) is 2.66. The first-order valence-electron chi connectivity index (χ1n) is 9.04. The van der Waals surface area contributed by atoms with Crippen LogP contribution in [0.5, 0.6) is 0 Å². The van der Waals surface area contributed by atoms with Gasteiger partial charge in [0.2, 0.25) is 15.9 Å². The van der Waals surface area contributed by atoms with Crippen LogP contribution in [-0.2, 0) is 20.6 Å². The number of amides is 1. The zero-order valence-corrected chi connectivity index (χ0v) is 17.1. The average molecular weight is 425 g/mol. The topological polar surface area (TPSA) is 66.5 Å². The Balaban J connectivity index is 1.59. The Labute approximate surface area is 169 Å². The minimum atomic E-state index is -3.63. The molecule has 0 aliphatic carbocycles. The molecule has 1 saturated heterocycles. The molecule has 1 fully saturated rings. The van der Waals surface area contributed by atoms with Crippen molar-refractivity contribution in [3.05, 3.63) is 64.4 Å². The van der Waals surface area contributed by atoms with Gasteiger partial charge in [-0.05, 0) is 49.6 Å². The van der Waals surface area contributed by atoms with E-state index >= 15 is 0 Å². The zero-order valence-electron chi connectivity index (χ0n) is 15.5. The number of piperidine rings is 1. The second-order valence-corrected chi connectivity index (χ2v) is 9.37. The molecule has 28 heavy (non-hydrogen) atoms. The number of anilines is 1. The van der Waals surface area contributed by atoms with Crippen LogP contribution in [0.15, 0.2) is 42.5 Å². The van der Waals surface area contributed by atoms with Crippen molar-refractivity contribution in [3.63, 3.8) is 0 Å². The van der Waals surface area contributed by atoms with E-state index < -0.39 is 15.8 Å². The smallest absolute Gasteiger partial charge is 0.227 e. The van der Waals surface area contributed by atoms with Gasteiger partial charge in [-0.25, -0.2) is 17.1 Å². The Morgan fingerprint density at radius 1 is 1.21 bits per heavy atom. The fourth-order valence-electron chi connectivity index (χ4n) is 3.30. The maximum atomic E-state index is 13.8. The molecule has 0 bridgehead atoms. The highest BCUT2D eigenvalue weighted by Crippen LogP contribution is 2.25. The van der Waals surface area contributed by atoms with E-state index in [0.717, 1.165) is 5.56 Å². The molecule has 0 spiro atoms. The lowest BCUT2D eigenvalue weighted by molar-refractivity contribution is -0.120. The van der Waals surface area contributed by atoms with E-state index in [1.807, 2.05) is 6.92 Å². The minimum Gasteiger partial charge on any atom is -0.326 e. The molecule has 150 valence electrons. The molecule has 8 heteroatoms. The summed E-state index contributed by atoms with van der Waals surface area (Å²) in [7, 11) is -3.63. The molecular weight excluding hydrogens is 403 g/mol. The molecule has 3 rings (SSSR count). The van der Waals surface area contributed by atoms with Gasteiger partial charge in [-0.3, -0.25) is 4.79 Å². The molecule has 1 amide bonds. The van der Waals surface area contributed by atoms with Crippen molar-refractivity contribution >= 4 is 33.2 Å². The summed E-state index contributed by atoms with van der Waals surface area (Å²) >= 11 is 5.93. The normalized spacial score (nSPS) is 16.1. The Morgan fingerprint density at radius 2 is 1.89 bits per heavy atom. The molecule has 2 aromatic carbocycles. The van der Waals surface area contributed by atoms with Gasteiger partial charge >= 0.3 is 0 Å². The fourth-order valence-corrected chi connectivity index (χ4v) is 5.11. The third-order valence-electron chi connectivity index (χ3n) is 4.96. The highest BCUT2D eigenvalue weighted by molar-refractivity contribution is 7.88. The van der Waals surface area contributed by atoms with Gasteiger partial charge in [-0.2, -0.15) is 0 Å². The number of halogens is 2. The molecule has 1 aliphatic rings. The van der Waals surface area contributed by atoms with E-state index in [9.17, 15) is 17.6 Å². The summed E-state index contributed by atoms with van der Waals surface area (Å²) in [4.78, 5) is 12.5. The molecule has 2 aromatic rings. The number of nitrogens with zero attached hydrogens (tertiary/aromatic N) is 1. The van der Waals surface area contributed by atoms with Crippen molar-refractivity contribution in [2.75, 3.05) is 18.4 Å². The number of hydrogen-bond acceptors (Lipinski definition) is 3. The van der Waals surface area contributed by atoms with Gasteiger partial charge < -0.3 is 5.32 Å². The Kier molecular flexibility index (Phi) is 6.37. The van der Waals surface area contributed by atoms with Gasteiger partial charge in [-0.15, -0.1) is 0 Å². The number of nitrogens with one attached hydrogen (secondary N) is 1. The second kappa shape index (κ2) is 8.59. The molecule has 0 radical (unpaired) electrons. The number of carbonyl (C=O) groups excluding carboxylic acids is 1. The van der Waals surface area contributed by atoms with Crippen molar-refractivity contribution in [1.29, 1.82) is 0 Å². The quantitative estimate of drug-likeness (QED) is 0.789. The summed E-state index contributed by atoms with van der Waals surface area (Å²) in [5.74, 6) is -1.30. The Morgan fingerprint density at radius 3 is 2.54 bits per heavy atom. The van der Waals surface area contributed by atoms with Crippen LogP contribution in [-0.4, -0.2) is 31.7 Å².